The van der Waals surface area contributed by atoms with E-state index >= 15 is 0 Å². The van der Waals surface area contributed by atoms with Crippen molar-refractivity contribution in [3.8, 4) is 0 Å². The number of halogens is 2. The molecule has 3 amide bonds. The molecule has 154 valence electrons. The van der Waals surface area contributed by atoms with Crippen LogP contribution in [0.15, 0.2) is 28.6 Å². The number of piperidine rings is 1. The van der Waals surface area contributed by atoms with Gasteiger partial charge >= 0.3 is 12.1 Å². The smallest absolute Gasteiger partial charge is 0.407 e. The van der Waals surface area contributed by atoms with Gasteiger partial charge in [0.2, 0.25) is 0 Å². The molecule has 1 aromatic carbocycles. The fraction of sp³-hybridized carbons (Fsp3) is 0.529. The van der Waals surface area contributed by atoms with Crippen molar-refractivity contribution in [2.45, 2.75) is 45.3 Å². The molecule has 1 aliphatic rings. The average Bonchev–Trinajstić information content (AvgIpc) is 2.59. The zero-order chi connectivity index (χ0) is 20.7. The predicted molar refractivity (Wildman–Crippen MR) is 107 cm³/mol. The second kappa shape index (κ2) is 9.79. The summed E-state index contributed by atoms with van der Waals surface area (Å²) in [5.41, 5.74) is 4.73. The number of rotatable bonds is 4. The van der Waals surface area contributed by atoms with E-state index in [2.05, 4.69) is 26.6 Å². The third-order valence-corrected chi connectivity index (χ3v) is 4.38. The monoisotopic (exact) mass is 430 g/mol. The second-order valence-corrected chi connectivity index (χ2v) is 8.07. The molecule has 0 radical (unpaired) electrons. The van der Waals surface area contributed by atoms with Crippen molar-refractivity contribution in [1.82, 2.24) is 15.6 Å². The van der Waals surface area contributed by atoms with E-state index in [1.165, 1.54) is 0 Å². The molecule has 0 aliphatic carbocycles. The Kier molecular flexibility index (Phi) is 7.70. The first-order chi connectivity index (χ1) is 13.2. The quantitative estimate of drug-likeness (QED) is 0.486. The molecule has 0 aromatic heterocycles. The van der Waals surface area contributed by atoms with Crippen LogP contribution in [0.5, 0.6) is 0 Å². The molecule has 1 fully saturated rings. The number of urea groups is 1. The summed E-state index contributed by atoms with van der Waals surface area (Å²) >= 11 is 12.0. The molecule has 11 heteroatoms. The third kappa shape index (κ3) is 7.05. The Morgan fingerprint density at radius 3 is 2.54 bits per heavy atom. The van der Waals surface area contributed by atoms with Crippen LogP contribution in [0.3, 0.4) is 0 Å². The van der Waals surface area contributed by atoms with Crippen LogP contribution in [0, 0.1) is 0 Å². The van der Waals surface area contributed by atoms with Gasteiger partial charge in [0.05, 0.1) is 15.7 Å². The summed E-state index contributed by atoms with van der Waals surface area (Å²) in [4.78, 5) is 25.7. The van der Waals surface area contributed by atoms with Crippen LogP contribution in [0.4, 0.5) is 15.3 Å². The summed E-state index contributed by atoms with van der Waals surface area (Å²) in [5, 5.41) is 10.8. The van der Waals surface area contributed by atoms with Gasteiger partial charge in [-0.3, -0.25) is 5.43 Å². The molecule has 2 rings (SSSR count). The molecule has 3 N–H and O–H groups in total. The highest BCUT2D eigenvalue weighted by atomic mass is 35.5. The van der Waals surface area contributed by atoms with Gasteiger partial charge in [-0.05, 0) is 51.0 Å². The molecule has 1 atom stereocenters. The number of ether oxygens (including phenoxy) is 1. The normalized spacial score (nSPS) is 17.3. The van der Waals surface area contributed by atoms with Gasteiger partial charge in [-0.15, -0.1) is 0 Å². The van der Waals surface area contributed by atoms with E-state index in [9.17, 15) is 9.59 Å². The second-order valence-electron chi connectivity index (χ2n) is 7.26. The van der Waals surface area contributed by atoms with Crippen LogP contribution in [0.2, 0.25) is 10.0 Å². The van der Waals surface area contributed by atoms with E-state index in [4.69, 9.17) is 27.9 Å². The summed E-state index contributed by atoms with van der Waals surface area (Å²) in [6.07, 6.45) is 1.01. The Balaban J connectivity index is 1.81. The maximum Gasteiger partial charge on any atom is 0.407 e. The van der Waals surface area contributed by atoms with E-state index in [0.29, 0.717) is 28.8 Å². The highest BCUT2D eigenvalue weighted by Crippen LogP contribution is 2.29. The van der Waals surface area contributed by atoms with E-state index in [-0.39, 0.29) is 6.04 Å². The molecular formula is C17H24Cl2N6O3. The lowest BCUT2D eigenvalue weighted by Gasteiger charge is -2.32. The number of carbonyl (C=O) groups is 2. The van der Waals surface area contributed by atoms with Crippen LogP contribution in [0.25, 0.3) is 0 Å². The first kappa shape index (κ1) is 22.0. The lowest BCUT2D eigenvalue weighted by molar-refractivity contribution is 0.0479. The predicted octanol–water partition coefficient (Wildman–Crippen LogP) is 4.39. The number of carbonyl (C=O) groups excluding carboxylic acids is 2. The third-order valence-electron chi connectivity index (χ3n) is 3.75. The summed E-state index contributed by atoms with van der Waals surface area (Å²) in [6.45, 7) is 6.29. The summed E-state index contributed by atoms with van der Waals surface area (Å²) in [5.74, 6) is 0. The number of alkyl carbamates (subject to hydrolysis) is 1. The highest BCUT2D eigenvalue weighted by molar-refractivity contribution is 6.39. The number of benzene rings is 1. The number of nitrogens with one attached hydrogen (secondary N) is 3. The van der Waals surface area contributed by atoms with E-state index < -0.39 is 17.7 Å². The molecule has 1 heterocycles. The van der Waals surface area contributed by atoms with Gasteiger partial charge in [-0.25, -0.2) is 15.0 Å². The minimum atomic E-state index is -0.576. The molecule has 9 nitrogen and oxygen atoms in total. The van der Waals surface area contributed by atoms with Crippen molar-refractivity contribution >= 4 is 41.0 Å². The zero-order valence-corrected chi connectivity index (χ0v) is 17.5. The van der Waals surface area contributed by atoms with Crippen LogP contribution >= 0.6 is 23.2 Å². The maximum absolute atomic E-state index is 12.2. The Morgan fingerprint density at radius 1 is 1.21 bits per heavy atom. The molecule has 1 aromatic rings. The van der Waals surface area contributed by atoms with Gasteiger partial charge in [0.15, 0.2) is 0 Å². The lowest BCUT2D eigenvalue weighted by atomic mass is 10.1. The van der Waals surface area contributed by atoms with Gasteiger partial charge in [0.25, 0.3) is 0 Å². The van der Waals surface area contributed by atoms with Crippen molar-refractivity contribution in [3.63, 3.8) is 0 Å². The Morgan fingerprint density at radius 2 is 1.89 bits per heavy atom. The molecule has 1 saturated heterocycles. The molecule has 0 bridgehead atoms. The number of hydrogen-bond acceptors (Lipinski definition) is 5. The van der Waals surface area contributed by atoms with Crippen molar-refractivity contribution in [2.75, 3.05) is 18.5 Å². The molecule has 28 heavy (non-hydrogen) atoms. The van der Waals surface area contributed by atoms with Gasteiger partial charge in [-0.2, -0.15) is 0 Å². The Labute approximate surface area is 173 Å². The Bertz CT molecular complexity index is 718. The molecule has 1 unspecified atom stereocenters. The standard InChI is InChI=1S/C17H24Cl2N6O3/c1-17(2,3)28-16(27)20-11-6-5-9-25(10-11)15(26)22-24-23-21-14-12(18)7-4-8-13(14)19/h4,7-8,11H,5-6,9-10H2,1-3H3,(H,20,27)(H,21,24)(H,22,23,26). The number of nitrogens with zero attached hydrogens (tertiary/aromatic N) is 3. The van der Waals surface area contributed by atoms with Gasteiger partial charge < -0.3 is 15.0 Å². The molecule has 0 saturated carbocycles. The first-order valence-corrected chi connectivity index (χ1v) is 9.55. The van der Waals surface area contributed by atoms with E-state index in [1.54, 1.807) is 43.9 Å². The number of anilines is 1. The van der Waals surface area contributed by atoms with Gasteiger partial charge in [-0.1, -0.05) is 34.5 Å². The number of hydrogen-bond donors (Lipinski definition) is 3. The summed E-state index contributed by atoms with van der Waals surface area (Å²) in [7, 11) is 0. The maximum atomic E-state index is 12.2. The fourth-order valence-corrected chi connectivity index (χ4v) is 3.05. The lowest BCUT2D eigenvalue weighted by Crippen LogP contribution is -2.52. The van der Waals surface area contributed by atoms with Crippen LogP contribution in [0.1, 0.15) is 33.6 Å². The number of amides is 3. The van der Waals surface area contributed by atoms with Crippen molar-refractivity contribution in [3.05, 3.63) is 28.2 Å². The molecule has 1 aliphatic heterocycles. The topological polar surface area (TPSA) is 107 Å². The van der Waals surface area contributed by atoms with Gasteiger partial charge in [0.1, 0.15) is 5.60 Å². The van der Waals surface area contributed by atoms with Crippen molar-refractivity contribution in [1.29, 1.82) is 0 Å². The molecular weight excluding hydrogens is 407 g/mol. The van der Waals surface area contributed by atoms with Gasteiger partial charge in [0, 0.05) is 19.1 Å². The minimum Gasteiger partial charge on any atom is -0.444 e. The highest BCUT2D eigenvalue weighted by Gasteiger charge is 2.26. The molecule has 0 spiro atoms. The van der Waals surface area contributed by atoms with Crippen LogP contribution in [-0.2, 0) is 4.74 Å². The van der Waals surface area contributed by atoms with Crippen LogP contribution < -0.4 is 16.2 Å². The SMILES string of the molecule is CC(C)(C)OC(=O)NC1CCCN(C(=O)N/N=N\Nc2c(Cl)cccc2Cl)C1. The number of para-hydroxylation sites is 1. The van der Waals surface area contributed by atoms with E-state index in [0.717, 1.165) is 12.8 Å². The minimum absolute atomic E-state index is 0.189. The Hall–Kier alpha value is -2.26. The zero-order valence-electron chi connectivity index (χ0n) is 16.0. The summed E-state index contributed by atoms with van der Waals surface area (Å²) < 4.78 is 5.24. The largest absolute Gasteiger partial charge is 0.444 e. The fourth-order valence-electron chi connectivity index (χ4n) is 2.57. The number of likely N-dealkylation sites (tertiary alicyclic amines) is 1. The van der Waals surface area contributed by atoms with Crippen molar-refractivity contribution < 1.29 is 14.3 Å². The average molecular weight is 431 g/mol. The van der Waals surface area contributed by atoms with E-state index in [1.807, 2.05) is 0 Å². The summed E-state index contributed by atoms with van der Waals surface area (Å²) in [6, 6.07) is 4.38. The van der Waals surface area contributed by atoms with Crippen molar-refractivity contribution in [2.24, 2.45) is 10.4 Å². The van der Waals surface area contributed by atoms with Crippen LogP contribution in [-0.4, -0.2) is 41.8 Å². The first-order valence-electron chi connectivity index (χ1n) is 8.80.